The van der Waals surface area contributed by atoms with Crippen LogP contribution in [0.15, 0.2) is 0 Å². The molecule has 0 amide bonds. The molecule has 2 rings (SSSR count). The van der Waals surface area contributed by atoms with E-state index in [0.29, 0.717) is 12.2 Å². The zero-order valence-corrected chi connectivity index (χ0v) is 15.9. The Bertz CT molecular complexity index is 280. The maximum Gasteiger partial charge on any atom is 0.321 e. The molecule has 22 heavy (non-hydrogen) atoms. The molecule has 0 aromatic heterocycles. The Morgan fingerprint density at radius 3 is 2.32 bits per heavy atom. The number of unbranched alkanes of at least 4 members (excludes halogenated alkanes) is 3. The van der Waals surface area contributed by atoms with Crippen molar-refractivity contribution in [2.45, 2.75) is 96.3 Å². The fourth-order valence-electron chi connectivity index (χ4n) is 3.56. The van der Waals surface area contributed by atoms with Crippen molar-refractivity contribution in [3.8, 4) is 0 Å². The van der Waals surface area contributed by atoms with Crippen molar-refractivity contribution in [2.24, 2.45) is 5.92 Å². The normalized spacial score (nSPS) is 27.1. The van der Waals surface area contributed by atoms with E-state index in [9.17, 15) is 0 Å². The predicted octanol–water partition coefficient (Wildman–Crippen LogP) is 4.58. The maximum absolute atomic E-state index is 5.91. The summed E-state index contributed by atoms with van der Waals surface area (Å²) in [6, 6.07) is 1.20. The Morgan fingerprint density at radius 1 is 0.909 bits per heavy atom. The molecule has 4 heteroatoms. The van der Waals surface area contributed by atoms with Crippen LogP contribution in [0.25, 0.3) is 0 Å². The van der Waals surface area contributed by atoms with Crippen molar-refractivity contribution in [1.29, 1.82) is 0 Å². The fourth-order valence-corrected chi connectivity index (χ4v) is 5.61. The lowest BCUT2D eigenvalue weighted by atomic mass is 9.85. The van der Waals surface area contributed by atoms with Gasteiger partial charge in [-0.05, 0) is 44.1 Å². The zero-order chi connectivity index (χ0) is 15.6. The standard InChI is InChI=1S/C18H36O3Si/c1-3-12-19-22(20-13-4-2)14-8-6-5-7-9-16-10-11-17-18(15-16)21-17/h16-18,22H,3-15H2,1-2H3. The summed E-state index contributed by atoms with van der Waals surface area (Å²) < 4.78 is 17.4. The van der Waals surface area contributed by atoms with Crippen molar-refractivity contribution in [2.75, 3.05) is 13.2 Å². The van der Waals surface area contributed by atoms with Crippen molar-refractivity contribution in [3.63, 3.8) is 0 Å². The minimum absolute atomic E-state index is 0.650. The van der Waals surface area contributed by atoms with E-state index >= 15 is 0 Å². The Kier molecular flexibility index (Phi) is 9.04. The molecule has 1 aliphatic heterocycles. The quantitative estimate of drug-likeness (QED) is 0.282. The highest BCUT2D eigenvalue weighted by atomic mass is 28.3. The molecular weight excluding hydrogens is 292 g/mol. The van der Waals surface area contributed by atoms with Crippen molar-refractivity contribution >= 4 is 9.28 Å². The molecule has 1 saturated carbocycles. The average molecular weight is 329 g/mol. The average Bonchev–Trinajstić information content (AvgIpc) is 3.31. The van der Waals surface area contributed by atoms with E-state index in [1.807, 2.05) is 0 Å². The van der Waals surface area contributed by atoms with Crippen LogP contribution in [-0.2, 0) is 13.6 Å². The van der Waals surface area contributed by atoms with Gasteiger partial charge in [0.1, 0.15) is 0 Å². The third-order valence-electron chi connectivity index (χ3n) is 4.93. The number of ether oxygens (including phenoxy) is 1. The van der Waals surface area contributed by atoms with Crippen molar-refractivity contribution < 1.29 is 13.6 Å². The van der Waals surface area contributed by atoms with Gasteiger partial charge in [-0.3, -0.25) is 0 Å². The predicted molar refractivity (Wildman–Crippen MR) is 93.5 cm³/mol. The third-order valence-corrected chi connectivity index (χ3v) is 7.03. The van der Waals surface area contributed by atoms with Crippen LogP contribution in [0.1, 0.15) is 78.1 Å². The highest BCUT2D eigenvalue weighted by Crippen LogP contribution is 2.41. The van der Waals surface area contributed by atoms with E-state index in [1.54, 1.807) is 0 Å². The monoisotopic (exact) mass is 328 g/mol. The van der Waals surface area contributed by atoms with Gasteiger partial charge in [-0.2, -0.15) is 0 Å². The molecule has 3 atom stereocenters. The second kappa shape index (κ2) is 10.8. The number of hydrogen-bond donors (Lipinski definition) is 0. The van der Waals surface area contributed by atoms with Crippen LogP contribution in [0.2, 0.25) is 6.04 Å². The Hall–Kier alpha value is 0.0969. The highest BCUT2D eigenvalue weighted by molar-refractivity contribution is 6.44. The fraction of sp³-hybridized carbons (Fsp3) is 1.00. The molecule has 0 radical (unpaired) electrons. The first-order valence-electron chi connectivity index (χ1n) is 9.72. The van der Waals surface area contributed by atoms with Gasteiger partial charge in [0.2, 0.25) is 0 Å². The first-order valence-corrected chi connectivity index (χ1v) is 11.5. The molecule has 3 nitrogen and oxygen atoms in total. The summed E-state index contributed by atoms with van der Waals surface area (Å²) >= 11 is 0. The lowest BCUT2D eigenvalue weighted by Crippen LogP contribution is -2.23. The van der Waals surface area contributed by atoms with Gasteiger partial charge in [0, 0.05) is 13.2 Å². The van der Waals surface area contributed by atoms with Gasteiger partial charge in [-0.25, -0.2) is 0 Å². The zero-order valence-electron chi connectivity index (χ0n) is 14.7. The number of epoxide rings is 1. The second-order valence-electron chi connectivity index (χ2n) is 7.05. The lowest BCUT2D eigenvalue weighted by molar-refractivity contribution is 0.195. The van der Waals surface area contributed by atoms with Gasteiger partial charge < -0.3 is 13.6 Å². The SMILES string of the molecule is CCCO[SiH](CCCCCCC1CCC2OC2C1)OCCC. The Morgan fingerprint density at radius 2 is 1.64 bits per heavy atom. The van der Waals surface area contributed by atoms with E-state index in [2.05, 4.69) is 13.8 Å². The largest absolute Gasteiger partial charge is 0.397 e. The van der Waals surface area contributed by atoms with E-state index in [-0.39, 0.29) is 0 Å². The first kappa shape index (κ1) is 18.4. The number of fused-ring (bicyclic) bond motifs is 1. The summed E-state index contributed by atoms with van der Waals surface area (Å²) in [5.74, 6) is 0.951. The molecular formula is C18H36O3Si. The van der Waals surface area contributed by atoms with Crippen LogP contribution in [0, 0.1) is 5.92 Å². The molecule has 3 unspecified atom stereocenters. The summed E-state index contributed by atoms with van der Waals surface area (Å²) in [5.41, 5.74) is 0. The molecule has 0 spiro atoms. The minimum atomic E-state index is -1.37. The summed E-state index contributed by atoms with van der Waals surface area (Å²) in [7, 11) is -1.37. The van der Waals surface area contributed by atoms with Crippen LogP contribution < -0.4 is 0 Å². The van der Waals surface area contributed by atoms with Gasteiger partial charge in [-0.1, -0.05) is 46.0 Å². The summed E-state index contributed by atoms with van der Waals surface area (Å²) in [6.45, 7) is 6.11. The van der Waals surface area contributed by atoms with Crippen LogP contribution in [-0.4, -0.2) is 34.7 Å². The molecule has 2 aliphatic rings. The van der Waals surface area contributed by atoms with Crippen molar-refractivity contribution in [3.05, 3.63) is 0 Å². The van der Waals surface area contributed by atoms with Gasteiger partial charge in [0.05, 0.1) is 12.2 Å². The van der Waals surface area contributed by atoms with E-state index in [0.717, 1.165) is 32.0 Å². The van der Waals surface area contributed by atoms with Crippen LogP contribution in [0.5, 0.6) is 0 Å². The summed E-state index contributed by atoms with van der Waals surface area (Å²) in [4.78, 5) is 0. The van der Waals surface area contributed by atoms with Gasteiger partial charge in [0.25, 0.3) is 0 Å². The maximum atomic E-state index is 5.91. The van der Waals surface area contributed by atoms with Crippen LogP contribution in [0.3, 0.4) is 0 Å². The molecule has 0 aromatic rings. The molecule has 0 N–H and O–H groups in total. The second-order valence-corrected chi connectivity index (χ2v) is 9.16. The number of hydrogen-bond acceptors (Lipinski definition) is 3. The smallest absolute Gasteiger partial charge is 0.321 e. The third kappa shape index (κ3) is 7.11. The molecule has 1 aliphatic carbocycles. The van der Waals surface area contributed by atoms with E-state index in [1.165, 1.54) is 57.4 Å². The summed E-state index contributed by atoms with van der Waals surface area (Å²) in [6.07, 6.45) is 14.4. The summed E-state index contributed by atoms with van der Waals surface area (Å²) in [5, 5.41) is 0. The molecule has 1 saturated heterocycles. The molecule has 1 heterocycles. The molecule has 0 aromatic carbocycles. The highest BCUT2D eigenvalue weighted by Gasteiger charge is 2.43. The van der Waals surface area contributed by atoms with Gasteiger partial charge in [0.15, 0.2) is 0 Å². The lowest BCUT2D eigenvalue weighted by Gasteiger charge is -2.18. The Labute approximate surface area is 138 Å². The molecule has 130 valence electrons. The van der Waals surface area contributed by atoms with Gasteiger partial charge >= 0.3 is 9.28 Å². The van der Waals surface area contributed by atoms with Crippen LogP contribution in [0.4, 0.5) is 0 Å². The van der Waals surface area contributed by atoms with E-state index in [4.69, 9.17) is 13.6 Å². The Balaban J connectivity index is 1.44. The van der Waals surface area contributed by atoms with E-state index < -0.39 is 9.28 Å². The number of rotatable bonds is 13. The van der Waals surface area contributed by atoms with Crippen molar-refractivity contribution in [1.82, 2.24) is 0 Å². The first-order chi connectivity index (χ1) is 10.8. The molecule has 0 bridgehead atoms. The topological polar surface area (TPSA) is 31.0 Å². The minimum Gasteiger partial charge on any atom is -0.397 e. The van der Waals surface area contributed by atoms with Crippen LogP contribution >= 0.6 is 0 Å². The van der Waals surface area contributed by atoms with Gasteiger partial charge in [-0.15, -0.1) is 0 Å². The molecule has 2 fully saturated rings.